The van der Waals surface area contributed by atoms with Crippen LogP contribution < -0.4 is 30.9 Å². The number of aromatic nitrogens is 2. The maximum absolute atomic E-state index is 12.7. The second-order valence-electron chi connectivity index (χ2n) is 7.87. The molecule has 0 aliphatic carbocycles. The van der Waals surface area contributed by atoms with Gasteiger partial charge in [0.05, 0.1) is 13.2 Å². The highest BCUT2D eigenvalue weighted by atomic mass is 16.5. The summed E-state index contributed by atoms with van der Waals surface area (Å²) in [7, 11) is 3.12. The predicted octanol–water partition coefficient (Wildman–Crippen LogP) is 1.41. The van der Waals surface area contributed by atoms with Crippen LogP contribution in [0.3, 0.4) is 0 Å². The average Bonchev–Trinajstić information content (AvgIpc) is 2.80. The van der Waals surface area contributed by atoms with Crippen molar-refractivity contribution >= 4 is 11.7 Å². The molecule has 2 heterocycles. The molecule has 1 aromatic carbocycles. The molecule has 9 heteroatoms. The molecule has 1 saturated heterocycles. The maximum Gasteiger partial charge on any atom is 0.332 e. The van der Waals surface area contributed by atoms with Crippen molar-refractivity contribution in [1.29, 1.82) is 0 Å². The van der Waals surface area contributed by atoms with E-state index < -0.39 is 0 Å². The molecule has 1 aliphatic heterocycles. The number of carbonyl (C=O) groups excluding carboxylic acids is 1. The summed E-state index contributed by atoms with van der Waals surface area (Å²) < 4.78 is 13.8. The van der Waals surface area contributed by atoms with Crippen molar-refractivity contribution in [3.63, 3.8) is 0 Å². The standard InChI is InChI=1S/C23H32N4O5/c1-5-31-18-8-7-16(13-19(18)32-6-2)15-24-22(29)17-9-11-27(12-10-17)20-14-21(28)26(4)23(30)25(20)3/h7-8,13-14,17H,5-6,9-12,15H2,1-4H3,(H,24,29). The third-order valence-corrected chi connectivity index (χ3v) is 5.76. The first kappa shape index (κ1) is 23.4. The van der Waals surface area contributed by atoms with E-state index in [4.69, 9.17) is 9.47 Å². The molecule has 0 spiro atoms. The number of nitrogens with one attached hydrogen (secondary N) is 1. The van der Waals surface area contributed by atoms with E-state index in [1.54, 1.807) is 7.05 Å². The largest absolute Gasteiger partial charge is 0.490 e. The van der Waals surface area contributed by atoms with Gasteiger partial charge < -0.3 is 19.7 Å². The summed E-state index contributed by atoms with van der Waals surface area (Å²) in [6.45, 7) is 6.56. The van der Waals surface area contributed by atoms with E-state index in [1.165, 1.54) is 17.7 Å². The Morgan fingerprint density at radius 3 is 2.31 bits per heavy atom. The van der Waals surface area contributed by atoms with Gasteiger partial charge in [-0.05, 0) is 44.4 Å². The Labute approximate surface area is 187 Å². The lowest BCUT2D eigenvalue weighted by Crippen LogP contribution is -2.44. The molecule has 174 valence electrons. The van der Waals surface area contributed by atoms with Crippen molar-refractivity contribution in [2.45, 2.75) is 33.2 Å². The molecule has 2 aromatic rings. The topological polar surface area (TPSA) is 94.8 Å². The zero-order valence-corrected chi connectivity index (χ0v) is 19.2. The number of hydrogen-bond donors (Lipinski definition) is 1. The SMILES string of the molecule is CCOc1ccc(CNC(=O)C2CCN(c3cc(=O)n(C)c(=O)n3C)CC2)cc1OCC. The highest BCUT2D eigenvalue weighted by Gasteiger charge is 2.26. The number of anilines is 1. The lowest BCUT2D eigenvalue weighted by molar-refractivity contribution is -0.125. The first-order valence-corrected chi connectivity index (χ1v) is 11.0. The number of hydrogen-bond acceptors (Lipinski definition) is 6. The van der Waals surface area contributed by atoms with Gasteiger partial charge in [-0.15, -0.1) is 0 Å². The van der Waals surface area contributed by atoms with Crippen LogP contribution in [0, 0.1) is 5.92 Å². The van der Waals surface area contributed by atoms with Crippen molar-refractivity contribution in [3.05, 3.63) is 50.7 Å². The molecule has 3 rings (SSSR count). The van der Waals surface area contributed by atoms with Crippen LogP contribution in [0.2, 0.25) is 0 Å². The Bertz CT molecular complexity index is 1070. The lowest BCUT2D eigenvalue weighted by atomic mass is 9.95. The summed E-state index contributed by atoms with van der Waals surface area (Å²) in [5.74, 6) is 1.86. The van der Waals surface area contributed by atoms with Gasteiger partial charge in [-0.1, -0.05) is 6.07 Å². The molecule has 0 unspecified atom stereocenters. The van der Waals surface area contributed by atoms with Crippen molar-refractivity contribution in [1.82, 2.24) is 14.5 Å². The van der Waals surface area contributed by atoms with Crippen molar-refractivity contribution in [3.8, 4) is 11.5 Å². The minimum Gasteiger partial charge on any atom is -0.490 e. The summed E-state index contributed by atoms with van der Waals surface area (Å²) in [6, 6.07) is 7.16. The number of benzene rings is 1. The molecule has 1 aromatic heterocycles. The predicted molar refractivity (Wildman–Crippen MR) is 122 cm³/mol. The van der Waals surface area contributed by atoms with Crippen LogP contribution in [-0.4, -0.2) is 41.3 Å². The van der Waals surface area contributed by atoms with Gasteiger partial charge in [-0.3, -0.25) is 18.7 Å². The van der Waals surface area contributed by atoms with Gasteiger partial charge in [0.15, 0.2) is 11.5 Å². The van der Waals surface area contributed by atoms with E-state index >= 15 is 0 Å². The fraction of sp³-hybridized carbons (Fsp3) is 0.522. The first-order chi connectivity index (χ1) is 15.3. The molecule has 1 N–H and O–H groups in total. The number of amides is 1. The van der Waals surface area contributed by atoms with E-state index in [1.807, 2.05) is 36.9 Å². The summed E-state index contributed by atoms with van der Waals surface area (Å²) in [4.78, 5) is 38.9. The Kier molecular flexibility index (Phi) is 7.61. The fourth-order valence-electron chi connectivity index (χ4n) is 3.93. The van der Waals surface area contributed by atoms with Gasteiger partial charge in [0.25, 0.3) is 5.56 Å². The fourth-order valence-corrected chi connectivity index (χ4v) is 3.93. The van der Waals surface area contributed by atoms with Crippen molar-refractivity contribution in [2.75, 3.05) is 31.2 Å². The zero-order chi connectivity index (χ0) is 23.3. The Morgan fingerprint density at radius 2 is 1.66 bits per heavy atom. The molecule has 0 atom stereocenters. The van der Waals surface area contributed by atoms with E-state index in [2.05, 4.69) is 5.32 Å². The Balaban J connectivity index is 1.58. The summed E-state index contributed by atoms with van der Waals surface area (Å²) in [6.07, 6.45) is 1.31. The Morgan fingerprint density at radius 1 is 1.00 bits per heavy atom. The number of piperidine rings is 1. The van der Waals surface area contributed by atoms with Crippen LogP contribution in [0.25, 0.3) is 0 Å². The highest BCUT2D eigenvalue weighted by Crippen LogP contribution is 2.28. The molecule has 0 radical (unpaired) electrons. The van der Waals surface area contributed by atoms with Crippen molar-refractivity contribution < 1.29 is 14.3 Å². The van der Waals surface area contributed by atoms with Crippen LogP contribution in [-0.2, 0) is 25.4 Å². The molecule has 1 amide bonds. The summed E-state index contributed by atoms with van der Waals surface area (Å²) >= 11 is 0. The second kappa shape index (κ2) is 10.4. The number of nitrogens with zero attached hydrogens (tertiary/aromatic N) is 3. The van der Waals surface area contributed by atoms with Gasteiger partial charge in [0.1, 0.15) is 5.82 Å². The van der Waals surface area contributed by atoms with Crippen LogP contribution in [0.1, 0.15) is 32.3 Å². The number of carbonyl (C=O) groups is 1. The minimum absolute atomic E-state index is 0.00867. The quantitative estimate of drug-likeness (QED) is 0.662. The van der Waals surface area contributed by atoms with Crippen LogP contribution in [0.4, 0.5) is 5.82 Å². The van der Waals surface area contributed by atoms with Gasteiger partial charge in [-0.2, -0.15) is 0 Å². The molecule has 32 heavy (non-hydrogen) atoms. The molecule has 1 fully saturated rings. The van der Waals surface area contributed by atoms with E-state index in [9.17, 15) is 14.4 Å². The second-order valence-corrected chi connectivity index (χ2v) is 7.87. The third kappa shape index (κ3) is 5.15. The Hall–Kier alpha value is -3.23. The molecular formula is C23H32N4O5. The average molecular weight is 445 g/mol. The van der Waals surface area contributed by atoms with E-state index in [0.29, 0.717) is 63.0 Å². The van der Waals surface area contributed by atoms with Gasteiger partial charge in [-0.25, -0.2) is 4.79 Å². The van der Waals surface area contributed by atoms with E-state index in [0.717, 1.165) is 10.1 Å². The van der Waals surface area contributed by atoms with E-state index in [-0.39, 0.29) is 23.1 Å². The lowest BCUT2D eigenvalue weighted by Gasteiger charge is -2.33. The third-order valence-electron chi connectivity index (χ3n) is 5.76. The zero-order valence-electron chi connectivity index (χ0n) is 19.2. The summed E-state index contributed by atoms with van der Waals surface area (Å²) in [5, 5.41) is 3.02. The molecule has 0 bridgehead atoms. The van der Waals surface area contributed by atoms with Crippen LogP contribution in [0.5, 0.6) is 11.5 Å². The number of ether oxygens (including phenoxy) is 2. The van der Waals surface area contributed by atoms with Gasteiger partial charge >= 0.3 is 5.69 Å². The van der Waals surface area contributed by atoms with Gasteiger partial charge in [0, 0.05) is 45.7 Å². The molecule has 0 saturated carbocycles. The maximum atomic E-state index is 12.7. The minimum atomic E-state index is -0.353. The monoisotopic (exact) mass is 444 g/mol. The summed E-state index contributed by atoms with van der Waals surface area (Å²) in [5.41, 5.74) is 0.261. The molecular weight excluding hydrogens is 412 g/mol. The molecule has 1 aliphatic rings. The first-order valence-electron chi connectivity index (χ1n) is 11.0. The van der Waals surface area contributed by atoms with Crippen LogP contribution >= 0.6 is 0 Å². The number of rotatable bonds is 8. The van der Waals surface area contributed by atoms with Crippen molar-refractivity contribution in [2.24, 2.45) is 20.0 Å². The van der Waals surface area contributed by atoms with Gasteiger partial charge in [0.2, 0.25) is 5.91 Å². The van der Waals surface area contributed by atoms with Crippen LogP contribution in [0.15, 0.2) is 33.9 Å². The normalized spacial score (nSPS) is 14.3. The molecule has 9 nitrogen and oxygen atoms in total. The highest BCUT2D eigenvalue weighted by molar-refractivity contribution is 5.79. The smallest absolute Gasteiger partial charge is 0.332 e.